The summed E-state index contributed by atoms with van der Waals surface area (Å²) in [4.78, 5) is 14.1. The Bertz CT molecular complexity index is 1050. The Morgan fingerprint density at radius 1 is 0.812 bits per heavy atom. The van der Waals surface area contributed by atoms with Crippen molar-refractivity contribution in [2.24, 2.45) is 0 Å². The van der Waals surface area contributed by atoms with E-state index in [4.69, 9.17) is 4.52 Å². The van der Waals surface area contributed by atoms with Gasteiger partial charge in [0.25, 0.3) is 0 Å². The van der Waals surface area contributed by atoms with Crippen LogP contribution in [0.5, 0.6) is 0 Å². The molecule has 0 aromatic heterocycles. The molecule has 0 N–H and O–H groups in total. The summed E-state index contributed by atoms with van der Waals surface area (Å²) in [5.41, 5.74) is 3.59. The molecular weight excluding hydrogens is 415 g/mol. The number of hydrogen-bond acceptors (Lipinski definition) is 3. The lowest BCUT2D eigenvalue weighted by Gasteiger charge is -2.35. The minimum absolute atomic E-state index is 0.136. The molecule has 0 bridgehead atoms. The van der Waals surface area contributed by atoms with Crippen molar-refractivity contribution in [2.75, 3.05) is 0 Å². The van der Waals surface area contributed by atoms with E-state index in [-0.39, 0.29) is 5.78 Å². The molecule has 2 atom stereocenters. The van der Waals surface area contributed by atoms with Crippen LogP contribution in [0.4, 0.5) is 0 Å². The molecule has 4 heteroatoms. The van der Waals surface area contributed by atoms with Gasteiger partial charge in [-0.25, -0.2) is 0 Å². The molecule has 0 spiro atoms. The monoisotopic (exact) mass is 448 g/mol. The van der Waals surface area contributed by atoms with Crippen LogP contribution < -0.4 is 5.30 Å². The van der Waals surface area contributed by atoms with Gasteiger partial charge in [-0.1, -0.05) is 88.4 Å². The third kappa shape index (κ3) is 4.80. The highest BCUT2D eigenvalue weighted by atomic mass is 31.1. The molecule has 3 aromatic carbocycles. The summed E-state index contributed by atoms with van der Waals surface area (Å²) >= 11 is 0. The first kappa shape index (κ1) is 24.2. The van der Waals surface area contributed by atoms with E-state index in [1.807, 2.05) is 55.5 Å². The maximum absolute atomic E-state index is 14.1. The van der Waals surface area contributed by atoms with Crippen molar-refractivity contribution in [3.05, 3.63) is 101 Å². The lowest BCUT2D eigenvalue weighted by molar-refractivity contribution is 0.0452. The molecule has 0 amide bonds. The van der Waals surface area contributed by atoms with E-state index in [9.17, 15) is 9.36 Å². The average Bonchev–Trinajstić information content (AvgIpc) is 2.87. The third-order valence-electron chi connectivity index (χ3n) is 6.11. The van der Waals surface area contributed by atoms with Crippen LogP contribution in [0.1, 0.15) is 66.7 Å². The molecule has 3 rings (SSSR count). The van der Waals surface area contributed by atoms with Crippen LogP contribution in [0.15, 0.2) is 72.8 Å². The van der Waals surface area contributed by atoms with Gasteiger partial charge in [-0.2, -0.15) is 0 Å². The summed E-state index contributed by atoms with van der Waals surface area (Å²) in [6, 6.07) is 22.8. The van der Waals surface area contributed by atoms with Gasteiger partial charge in [0.15, 0.2) is 11.4 Å². The van der Waals surface area contributed by atoms with Gasteiger partial charge < -0.3 is 4.52 Å². The number of benzene rings is 3. The fourth-order valence-corrected chi connectivity index (χ4v) is 5.59. The van der Waals surface area contributed by atoms with Crippen LogP contribution in [-0.4, -0.2) is 5.78 Å². The summed E-state index contributed by atoms with van der Waals surface area (Å²) in [5, 5.41) is 0.623. The molecule has 0 saturated heterocycles. The topological polar surface area (TPSA) is 43.4 Å². The van der Waals surface area contributed by atoms with Crippen molar-refractivity contribution < 1.29 is 13.9 Å². The Kier molecular flexibility index (Phi) is 8.23. The summed E-state index contributed by atoms with van der Waals surface area (Å²) in [6.07, 6.45) is 2.87. The molecule has 0 fully saturated rings. The summed E-state index contributed by atoms with van der Waals surface area (Å²) in [7, 11) is -2.67. The van der Waals surface area contributed by atoms with Crippen LogP contribution in [0.25, 0.3) is 0 Å². The van der Waals surface area contributed by atoms with Crippen LogP contribution in [0.3, 0.4) is 0 Å². The highest BCUT2D eigenvalue weighted by molar-refractivity contribution is 7.48. The Hall–Kier alpha value is -2.48. The summed E-state index contributed by atoms with van der Waals surface area (Å²) < 4.78 is 19.9. The van der Waals surface area contributed by atoms with Gasteiger partial charge in [-0.05, 0) is 60.1 Å². The molecular formula is C28H33O3P. The number of carbonyl (C=O) groups is 1. The molecule has 0 aliphatic heterocycles. The lowest BCUT2D eigenvalue weighted by Crippen LogP contribution is -2.39. The summed E-state index contributed by atoms with van der Waals surface area (Å²) in [6.45, 7) is 8.30. The first-order valence-electron chi connectivity index (χ1n) is 11.5. The Morgan fingerprint density at radius 3 is 1.81 bits per heavy atom. The van der Waals surface area contributed by atoms with E-state index in [2.05, 4.69) is 32.9 Å². The smallest absolute Gasteiger partial charge is 0.221 e. The van der Waals surface area contributed by atoms with Crippen molar-refractivity contribution in [1.29, 1.82) is 0 Å². The van der Waals surface area contributed by atoms with Gasteiger partial charge in [0.1, 0.15) is 0 Å². The highest BCUT2D eigenvalue weighted by Gasteiger charge is 2.44. The minimum atomic E-state index is -2.67. The van der Waals surface area contributed by atoms with E-state index in [0.29, 0.717) is 17.3 Å². The first-order chi connectivity index (χ1) is 15.5. The van der Waals surface area contributed by atoms with Crippen molar-refractivity contribution in [3.8, 4) is 0 Å². The number of aryl methyl sites for hydroxylation is 3. The zero-order valence-electron chi connectivity index (χ0n) is 19.5. The first-order valence-corrected chi connectivity index (χ1v) is 12.9. The maximum Gasteiger partial charge on any atom is 0.221 e. The molecule has 0 radical (unpaired) electrons. The molecule has 32 heavy (non-hydrogen) atoms. The SMILES string of the molecule is CCc1cc(CC)c(C(CC)(O[PH](=O)c2ccccc2)C(=O)c2ccccc2)c(CC)c1. The zero-order chi connectivity index (χ0) is 23.1. The fourth-order valence-electron chi connectivity index (χ4n) is 4.35. The maximum atomic E-state index is 14.1. The second-order valence-electron chi connectivity index (χ2n) is 7.98. The largest absolute Gasteiger partial charge is 0.307 e. The van der Waals surface area contributed by atoms with Gasteiger partial charge in [0.2, 0.25) is 8.03 Å². The number of Topliss-reactive ketones (excluding diaryl/α,β-unsaturated/α-hetero) is 1. The van der Waals surface area contributed by atoms with Crippen molar-refractivity contribution in [1.82, 2.24) is 0 Å². The number of carbonyl (C=O) groups excluding carboxylic acids is 1. The molecule has 3 nitrogen and oxygen atoms in total. The highest BCUT2D eigenvalue weighted by Crippen LogP contribution is 2.45. The molecule has 168 valence electrons. The van der Waals surface area contributed by atoms with Gasteiger partial charge >= 0.3 is 0 Å². The van der Waals surface area contributed by atoms with Gasteiger partial charge in [-0.15, -0.1) is 0 Å². The predicted octanol–water partition coefficient (Wildman–Crippen LogP) is 6.68. The normalized spacial score (nSPS) is 14.0. The number of ketones is 1. The fraction of sp³-hybridized carbons (Fsp3) is 0.321. The van der Waals surface area contributed by atoms with Crippen LogP contribution >= 0.6 is 8.03 Å². The van der Waals surface area contributed by atoms with Crippen LogP contribution in [0, 0.1) is 0 Å². The molecule has 3 aromatic rings. The predicted molar refractivity (Wildman–Crippen MR) is 133 cm³/mol. The van der Waals surface area contributed by atoms with Gasteiger partial charge in [-0.3, -0.25) is 9.36 Å². The Morgan fingerprint density at radius 2 is 1.34 bits per heavy atom. The van der Waals surface area contributed by atoms with Crippen molar-refractivity contribution in [3.63, 3.8) is 0 Å². The van der Waals surface area contributed by atoms with E-state index in [1.165, 1.54) is 5.56 Å². The number of rotatable bonds is 10. The third-order valence-corrected chi connectivity index (χ3v) is 7.45. The van der Waals surface area contributed by atoms with E-state index >= 15 is 0 Å². The van der Waals surface area contributed by atoms with Crippen molar-refractivity contribution in [2.45, 2.75) is 59.0 Å². The Labute approximate surface area is 192 Å². The molecule has 0 heterocycles. The Balaban J connectivity index is 2.27. The zero-order valence-corrected chi connectivity index (χ0v) is 20.5. The van der Waals surface area contributed by atoms with Gasteiger partial charge in [0, 0.05) is 10.9 Å². The number of hydrogen-bond donors (Lipinski definition) is 0. The molecule has 2 unspecified atom stereocenters. The lowest BCUT2D eigenvalue weighted by atomic mass is 9.77. The standard InChI is InChI=1S/C28H33O3P/c1-5-21-19-22(6-2)26(23(7-3)20-21)28(8-4,27(29)24-15-11-9-12-16-24)31-32(30)25-17-13-10-14-18-25/h9-20,32H,5-8H2,1-4H3. The molecule has 0 saturated carbocycles. The average molecular weight is 449 g/mol. The molecule has 0 aliphatic carbocycles. The second-order valence-corrected chi connectivity index (χ2v) is 9.34. The van der Waals surface area contributed by atoms with E-state index in [1.54, 1.807) is 12.1 Å². The van der Waals surface area contributed by atoms with E-state index in [0.717, 1.165) is 36.0 Å². The molecule has 0 aliphatic rings. The van der Waals surface area contributed by atoms with Crippen LogP contribution in [0.2, 0.25) is 0 Å². The quantitative estimate of drug-likeness (QED) is 0.257. The van der Waals surface area contributed by atoms with Crippen LogP contribution in [-0.2, 0) is 34.0 Å². The van der Waals surface area contributed by atoms with Gasteiger partial charge in [0.05, 0.1) is 0 Å². The minimum Gasteiger partial charge on any atom is -0.307 e. The van der Waals surface area contributed by atoms with E-state index < -0.39 is 13.6 Å². The summed E-state index contributed by atoms with van der Waals surface area (Å²) in [5.74, 6) is -0.136. The second kappa shape index (κ2) is 10.9. The van der Waals surface area contributed by atoms with Crippen molar-refractivity contribution >= 4 is 19.1 Å².